The third-order valence-corrected chi connectivity index (χ3v) is 1.43. The fourth-order valence-electron chi connectivity index (χ4n) is 0.799. The number of carbonyl (C=O) groups is 1. The monoisotopic (exact) mass is 222 g/mol. The zero-order valence-corrected chi connectivity index (χ0v) is 8.16. The van der Waals surface area contributed by atoms with Crippen LogP contribution in [0.5, 0.6) is 0 Å². The molecule has 1 amide bonds. The number of unbranched alkanes of at least 4 members (excludes halogenated alkanes) is 1. The third kappa shape index (κ3) is 10.7. The third-order valence-electron chi connectivity index (χ3n) is 1.43. The summed E-state index contributed by atoms with van der Waals surface area (Å²) in [7, 11) is 0. The van der Waals surface area contributed by atoms with E-state index in [9.17, 15) is 18.0 Å². The van der Waals surface area contributed by atoms with Gasteiger partial charge in [-0.05, 0) is 6.42 Å². The summed E-state index contributed by atoms with van der Waals surface area (Å²) in [5, 5.41) is 4.43. The highest BCUT2D eigenvalue weighted by atomic mass is 19.4. The Hall–Kier alpha value is -1.22. The Kier molecular flexibility index (Phi) is 6.54. The van der Waals surface area contributed by atoms with Crippen molar-refractivity contribution in [3.63, 3.8) is 0 Å². The summed E-state index contributed by atoms with van der Waals surface area (Å²) in [6.07, 6.45) is 1.85. The SMILES string of the molecule is C#CCCCNC(=O)CNCC(F)(F)F. The first-order valence-electron chi connectivity index (χ1n) is 4.43. The highest BCUT2D eigenvalue weighted by Crippen LogP contribution is 2.11. The second-order valence-corrected chi connectivity index (χ2v) is 2.88. The highest BCUT2D eigenvalue weighted by molar-refractivity contribution is 5.77. The van der Waals surface area contributed by atoms with Crippen LogP contribution >= 0.6 is 0 Å². The molecule has 0 aromatic carbocycles. The van der Waals surface area contributed by atoms with Crippen molar-refractivity contribution in [2.24, 2.45) is 0 Å². The van der Waals surface area contributed by atoms with Crippen LogP contribution in [0.15, 0.2) is 0 Å². The Morgan fingerprint density at radius 2 is 2.07 bits per heavy atom. The Labute approximate surface area is 86.4 Å². The average molecular weight is 222 g/mol. The van der Waals surface area contributed by atoms with Gasteiger partial charge in [-0.3, -0.25) is 4.79 Å². The molecule has 0 saturated heterocycles. The summed E-state index contributed by atoms with van der Waals surface area (Å²) in [6.45, 7) is -1.11. The number of alkyl halides is 3. The number of terminal acetylenes is 1. The van der Waals surface area contributed by atoms with Crippen molar-refractivity contribution < 1.29 is 18.0 Å². The lowest BCUT2D eigenvalue weighted by Crippen LogP contribution is -2.38. The average Bonchev–Trinajstić information content (AvgIpc) is 2.10. The molecular weight excluding hydrogens is 209 g/mol. The molecule has 0 atom stereocenters. The first-order chi connectivity index (χ1) is 6.95. The molecule has 0 aliphatic rings. The van der Waals surface area contributed by atoms with Gasteiger partial charge >= 0.3 is 6.18 Å². The van der Waals surface area contributed by atoms with E-state index < -0.39 is 18.6 Å². The molecule has 0 heterocycles. The van der Waals surface area contributed by atoms with E-state index in [4.69, 9.17) is 6.42 Å². The maximum absolute atomic E-state index is 11.6. The molecular formula is C9H13F3N2O. The molecule has 2 N–H and O–H groups in total. The maximum atomic E-state index is 11.6. The number of nitrogens with one attached hydrogen (secondary N) is 2. The van der Waals surface area contributed by atoms with Crippen LogP contribution in [0.2, 0.25) is 0 Å². The number of halogens is 3. The Balaban J connectivity index is 3.39. The van der Waals surface area contributed by atoms with Crippen LogP contribution < -0.4 is 10.6 Å². The highest BCUT2D eigenvalue weighted by Gasteiger charge is 2.26. The summed E-state index contributed by atoms with van der Waals surface area (Å²) in [5.74, 6) is 1.93. The van der Waals surface area contributed by atoms with Crippen LogP contribution in [-0.4, -0.2) is 31.7 Å². The fourth-order valence-corrected chi connectivity index (χ4v) is 0.799. The lowest BCUT2D eigenvalue weighted by Gasteiger charge is -2.08. The summed E-state index contributed by atoms with van der Waals surface area (Å²) in [4.78, 5) is 10.9. The molecule has 0 radical (unpaired) electrons. The van der Waals surface area contributed by atoms with E-state index >= 15 is 0 Å². The topological polar surface area (TPSA) is 41.1 Å². The number of amides is 1. The molecule has 0 aliphatic carbocycles. The quantitative estimate of drug-likeness (QED) is 0.512. The van der Waals surface area contributed by atoms with Crippen molar-refractivity contribution in [1.82, 2.24) is 10.6 Å². The van der Waals surface area contributed by atoms with Crippen molar-refractivity contribution in [2.75, 3.05) is 19.6 Å². The van der Waals surface area contributed by atoms with E-state index in [2.05, 4.69) is 11.2 Å². The van der Waals surface area contributed by atoms with Gasteiger partial charge in [-0.15, -0.1) is 12.3 Å². The van der Waals surface area contributed by atoms with Gasteiger partial charge in [0.2, 0.25) is 5.91 Å². The minimum Gasteiger partial charge on any atom is -0.355 e. The van der Waals surface area contributed by atoms with E-state index in [0.717, 1.165) is 0 Å². The largest absolute Gasteiger partial charge is 0.401 e. The van der Waals surface area contributed by atoms with Crippen LogP contribution in [0.3, 0.4) is 0 Å². The van der Waals surface area contributed by atoms with E-state index in [1.165, 1.54) is 0 Å². The normalized spacial score (nSPS) is 10.8. The van der Waals surface area contributed by atoms with Crippen LogP contribution in [0.4, 0.5) is 13.2 Å². The smallest absolute Gasteiger partial charge is 0.355 e. The van der Waals surface area contributed by atoms with Gasteiger partial charge in [-0.25, -0.2) is 0 Å². The van der Waals surface area contributed by atoms with Gasteiger partial charge in [0, 0.05) is 13.0 Å². The molecule has 15 heavy (non-hydrogen) atoms. The number of hydrogen-bond donors (Lipinski definition) is 2. The van der Waals surface area contributed by atoms with Gasteiger partial charge in [-0.2, -0.15) is 13.2 Å². The predicted octanol–water partition coefficient (Wildman–Crippen LogP) is 0.668. The molecule has 0 aromatic rings. The molecule has 0 unspecified atom stereocenters. The molecule has 86 valence electrons. The summed E-state index contributed by atoms with van der Waals surface area (Å²) >= 11 is 0. The van der Waals surface area contributed by atoms with Crippen LogP contribution in [0.1, 0.15) is 12.8 Å². The van der Waals surface area contributed by atoms with E-state index in [-0.39, 0.29) is 6.54 Å². The van der Waals surface area contributed by atoms with E-state index in [1.54, 1.807) is 0 Å². The van der Waals surface area contributed by atoms with Crippen LogP contribution in [-0.2, 0) is 4.79 Å². The lowest BCUT2D eigenvalue weighted by molar-refractivity contribution is -0.128. The molecule has 6 heteroatoms. The van der Waals surface area contributed by atoms with Crippen LogP contribution in [0.25, 0.3) is 0 Å². The predicted molar refractivity (Wildman–Crippen MR) is 50.0 cm³/mol. The Bertz CT molecular complexity index is 232. The maximum Gasteiger partial charge on any atom is 0.401 e. The van der Waals surface area contributed by atoms with Crippen molar-refractivity contribution >= 4 is 5.91 Å². The summed E-state index contributed by atoms with van der Waals surface area (Å²) in [5.41, 5.74) is 0. The Morgan fingerprint density at radius 1 is 1.40 bits per heavy atom. The molecule has 0 rings (SSSR count). The van der Waals surface area contributed by atoms with E-state index in [0.29, 0.717) is 19.4 Å². The second kappa shape index (κ2) is 7.12. The van der Waals surface area contributed by atoms with Gasteiger partial charge in [0.25, 0.3) is 0 Å². The first-order valence-corrected chi connectivity index (χ1v) is 4.43. The summed E-state index contributed by atoms with van der Waals surface area (Å²) < 4.78 is 34.9. The minimum atomic E-state index is -4.29. The van der Waals surface area contributed by atoms with Crippen molar-refractivity contribution in [3.8, 4) is 12.3 Å². The van der Waals surface area contributed by atoms with Crippen molar-refractivity contribution in [3.05, 3.63) is 0 Å². The minimum absolute atomic E-state index is 0.338. The van der Waals surface area contributed by atoms with E-state index in [1.807, 2.05) is 5.32 Å². The number of carbonyl (C=O) groups excluding carboxylic acids is 1. The Morgan fingerprint density at radius 3 is 2.60 bits per heavy atom. The van der Waals surface area contributed by atoms with Crippen molar-refractivity contribution in [1.29, 1.82) is 0 Å². The molecule has 0 bridgehead atoms. The molecule has 0 aliphatic heterocycles. The molecule has 0 fully saturated rings. The van der Waals surface area contributed by atoms with Gasteiger partial charge in [-0.1, -0.05) is 0 Å². The zero-order chi connectivity index (χ0) is 11.7. The molecule has 0 spiro atoms. The second-order valence-electron chi connectivity index (χ2n) is 2.88. The standard InChI is InChI=1S/C9H13F3N2O/c1-2-3-4-5-14-8(15)6-13-7-9(10,11)12/h1,13H,3-7H2,(H,14,15). The van der Waals surface area contributed by atoms with Gasteiger partial charge in [0.1, 0.15) is 0 Å². The van der Waals surface area contributed by atoms with Gasteiger partial charge in [0.05, 0.1) is 13.1 Å². The first kappa shape index (κ1) is 13.8. The van der Waals surface area contributed by atoms with Crippen molar-refractivity contribution in [2.45, 2.75) is 19.0 Å². The zero-order valence-electron chi connectivity index (χ0n) is 8.16. The summed E-state index contributed by atoms with van der Waals surface area (Å²) in [6, 6.07) is 0. The van der Waals surface area contributed by atoms with Gasteiger partial charge < -0.3 is 10.6 Å². The molecule has 0 saturated carbocycles. The van der Waals surface area contributed by atoms with Gasteiger partial charge in [0.15, 0.2) is 0 Å². The number of rotatable bonds is 6. The molecule has 0 aromatic heterocycles. The fraction of sp³-hybridized carbons (Fsp3) is 0.667. The molecule has 3 nitrogen and oxygen atoms in total. The van der Waals surface area contributed by atoms with Crippen LogP contribution in [0, 0.1) is 12.3 Å². The number of hydrogen-bond acceptors (Lipinski definition) is 2. The lowest BCUT2D eigenvalue weighted by atomic mass is 10.3.